The molecule has 0 fully saturated rings. The van der Waals surface area contributed by atoms with E-state index < -0.39 is 0 Å². The lowest BCUT2D eigenvalue weighted by molar-refractivity contribution is 0.483. The Balaban J connectivity index is 2.69. The molecule has 0 saturated heterocycles. The highest BCUT2D eigenvalue weighted by molar-refractivity contribution is 5.32. The van der Waals surface area contributed by atoms with Gasteiger partial charge >= 0.3 is 5.69 Å². The van der Waals surface area contributed by atoms with Crippen molar-refractivity contribution < 1.29 is 0 Å². The number of para-hydroxylation sites is 1. The van der Waals surface area contributed by atoms with E-state index in [1.54, 1.807) is 11.5 Å². The zero-order chi connectivity index (χ0) is 14.0. The van der Waals surface area contributed by atoms with Crippen molar-refractivity contribution >= 4 is 0 Å². The molecule has 0 aliphatic rings. The van der Waals surface area contributed by atoms with Gasteiger partial charge in [-0.3, -0.25) is 13.9 Å². The van der Waals surface area contributed by atoms with E-state index in [1.165, 1.54) is 10.6 Å². The summed E-state index contributed by atoms with van der Waals surface area (Å²) in [6.45, 7) is 6.18. The smallest absolute Gasteiger partial charge is 0.269 e. The lowest BCUT2D eigenvalue weighted by Gasteiger charge is -2.14. The van der Waals surface area contributed by atoms with Gasteiger partial charge in [0.25, 0.3) is 5.56 Å². The van der Waals surface area contributed by atoms with E-state index in [1.807, 2.05) is 44.2 Å². The highest BCUT2D eigenvalue weighted by atomic mass is 16.2. The molecule has 2 aromatic rings. The summed E-state index contributed by atoms with van der Waals surface area (Å²) in [7, 11) is 0. The minimum Gasteiger partial charge on any atom is -0.269 e. The van der Waals surface area contributed by atoms with Crippen LogP contribution in [0.25, 0.3) is 5.69 Å². The summed E-state index contributed by atoms with van der Waals surface area (Å²) in [6.07, 6.45) is 0. The van der Waals surface area contributed by atoms with Gasteiger partial charge in [0, 0.05) is 18.3 Å². The third-order valence-corrected chi connectivity index (χ3v) is 2.94. The molecule has 19 heavy (non-hydrogen) atoms. The van der Waals surface area contributed by atoms with Crippen LogP contribution in [0.2, 0.25) is 0 Å². The molecule has 0 saturated carbocycles. The van der Waals surface area contributed by atoms with Crippen LogP contribution in [0.3, 0.4) is 0 Å². The van der Waals surface area contributed by atoms with E-state index in [0.29, 0.717) is 12.2 Å². The average molecular weight is 258 g/mol. The zero-order valence-electron chi connectivity index (χ0n) is 11.5. The Morgan fingerprint density at radius 2 is 1.74 bits per heavy atom. The van der Waals surface area contributed by atoms with Gasteiger partial charge in [0.2, 0.25) is 0 Å². The second-order valence-corrected chi connectivity index (χ2v) is 5.08. The number of hydrogen-bond acceptors (Lipinski definition) is 2. The topological polar surface area (TPSA) is 44.0 Å². The number of benzene rings is 1. The van der Waals surface area contributed by atoms with Crippen molar-refractivity contribution in [1.29, 1.82) is 0 Å². The van der Waals surface area contributed by atoms with Gasteiger partial charge in [0.05, 0.1) is 5.69 Å². The monoisotopic (exact) mass is 258 g/mol. The highest BCUT2D eigenvalue weighted by Crippen LogP contribution is 2.06. The van der Waals surface area contributed by atoms with Gasteiger partial charge in [-0.25, -0.2) is 4.79 Å². The Hall–Kier alpha value is -2.10. The molecule has 1 heterocycles. The Bertz CT molecular complexity index is 682. The first-order valence-electron chi connectivity index (χ1n) is 6.39. The maximum absolute atomic E-state index is 12.5. The lowest BCUT2D eigenvalue weighted by atomic mass is 10.2. The van der Waals surface area contributed by atoms with E-state index in [2.05, 4.69) is 0 Å². The van der Waals surface area contributed by atoms with Crippen LogP contribution in [0.5, 0.6) is 0 Å². The van der Waals surface area contributed by atoms with Crippen molar-refractivity contribution in [2.75, 3.05) is 0 Å². The van der Waals surface area contributed by atoms with E-state index in [0.717, 1.165) is 5.69 Å². The first-order chi connectivity index (χ1) is 9.00. The summed E-state index contributed by atoms with van der Waals surface area (Å²) < 4.78 is 2.87. The third kappa shape index (κ3) is 2.67. The second-order valence-electron chi connectivity index (χ2n) is 5.08. The van der Waals surface area contributed by atoms with Crippen LogP contribution >= 0.6 is 0 Å². The van der Waals surface area contributed by atoms with Crippen LogP contribution in [-0.4, -0.2) is 9.13 Å². The number of hydrogen-bond donors (Lipinski definition) is 0. The van der Waals surface area contributed by atoms with Gasteiger partial charge in [-0.05, 0) is 25.0 Å². The predicted octanol–water partition coefficient (Wildman–Crippen LogP) is 1.96. The predicted molar refractivity (Wildman–Crippen MR) is 75.9 cm³/mol. The molecule has 1 aromatic heterocycles. The second kappa shape index (κ2) is 5.26. The van der Waals surface area contributed by atoms with Crippen molar-refractivity contribution in [3.05, 3.63) is 62.9 Å². The Labute approximate surface area is 111 Å². The van der Waals surface area contributed by atoms with E-state index in [-0.39, 0.29) is 17.2 Å². The minimum atomic E-state index is -0.273. The van der Waals surface area contributed by atoms with Crippen LogP contribution in [0.1, 0.15) is 19.5 Å². The van der Waals surface area contributed by atoms with E-state index in [4.69, 9.17) is 0 Å². The minimum absolute atomic E-state index is 0.233. The van der Waals surface area contributed by atoms with Crippen LogP contribution in [0.4, 0.5) is 0 Å². The number of aromatic nitrogens is 2. The molecule has 0 bridgehead atoms. The summed E-state index contributed by atoms with van der Waals surface area (Å²) in [5.74, 6) is 0.248. The number of rotatable bonds is 3. The summed E-state index contributed by atoms with van der Waals surface area (Å²) in [5, 5.41) is 0. The largest absolute Gasteiger partial charge is 0.335 e. The van der Waals surface area contributed by atoms with Gasteiger partial charge in [-0.2, -0.15) is 0 Å². The molecule has 4 heteroatoms. The first kappa shape index (κ1) is 13.3. The summed E-state index contributed by atoms with van der Waals surface area (Å²) in [4.78, 5) is 24.4. The molecular formula is C15H18N2O2. The van der Waals surface area contributed by atoms with E-state index >= 15 is 0 Å². The van der Waals surface area contributed by atoms with Crippen molar-refractivity contribution in [2.45, 2.75) is 27.3 Å². The van der Waals surface area contributed by atoms with Gasteiger partial charge in [0.1, 0.15) is 0 Å². The number of nitrogens with zero attached hydrogens (tertiary/aromatic N) is 2. The Morgan fingerprint density at radius 1 is 1.11 bits per heavy atom. The molecule has 0 radical (unpaired) electrons. The SMILES string of the molecule is Cc1cc(=O)n(CC(C)C)c(=O)n1-c1ccccc1. The Morgan fingerprint density at radius 3 is 2.32 bits per heavy atom. The lowest BCUT2D eigenvalue weighted by Crippen LogP contribution is -2.40. The van der Waals surface area contributed by atoms with Crippen molar-refractivity contribution in [2.24, 2.45) is 5.92 Å². The first-order valence-corrected chi connectivity index (χ1v) is 6.39. The molecule has 1 aromatic carbocycles. The molecule has 0 atom stereocenters. The van der Waals surface area contributed by atoms with Crippen LogP contribution in [0.15, 0.2) is 46.0 Å². The van der Waals surface area contributed by atoms with Crippen LogP contribution in [-0.2, 0) is 6.54 Å². The highest BCUT2D eigenvalue weighted by Gasteiger charge is 2.11. The number of aryl methyl sites for hydroxylation is 1. The molecule has 100 valence electrons. The maximum Gasteiger partial charge on any atom is 0.335 e. The quantitative estimate of drug-likeness (QED) is 0.844. The summed E-state index contributed by atoms with van der Waals surface area (Å²) >= 11 is 0. The fourth-order valence-corrected chi connectivity index (χ4v) is 2.11. The van der Waals surface area contributed by atoms with Crippen molar-refractivity contribution in [3.8, 4) is 5.69 Å². The van der Waals surface area contributed by atoms with Crippen molar-refractivity contribution in [1.82, 2.24) is 9.13 Å². The summed E-state index contributed by atoms with van der Waals surface area (Å²) in [5.41, 5.74) is 0.928. The standard InChI is InChI=1S/C15H18N2O2/c1-11(2)10-16-14(18)9-12(3)17(15(16)19)13-7-5-4-6-8-13/h4-9,11H,10H2,1-3H3. The average Bonchev–Trinajstić information content (AvgIpc) is 2.35. The molecule has 2 rings (SSSR count). The molecule has 0 unspecified atom stereocenters. The third-order valence-electron chi connectivity index (χ3n) is 2.94. The Kier molecular flexibility index (Phi) is 3.69. The van der Waals surface area contributed by atoms with Crippen molar-refractivity contribution in [3.63, 3.8) is 0 Å². The van der Waals surface area contributed by atoms with Gasteiger partial charge in [0.15, 0.2) is 0 Å². The van der Waals surface area contributed by atoms with Crippen LogP contribution in [0, 0.1) is 12.8 Å². The fourth-order valence-electron chi connectivity index (χ4n) is 2.11. The molecule has 4 nitrogen and oxygen atoms in total. The molecule has 0 aliphatic carbocycles. The van der Waals surface area contributed by atoms with Gasteiger partial charge < -0.3 is 0 Å². The summed E-state index contributed by atoms with van der Waals surface area (Å²) in [6, 6.07) is 10.9. The zero-order valence-corrected chi connectivity index (χ0v) is 11.5. The molecule has 0 aliphatic heterocycles. The molecular weight excluding hydrogens is 240 g/mol. The van der Waals surface area contributed by atoms with Gasteiger partial charge in [-0.15, -0.1) is 0 Å². The maximum atomic E-state index is 12.5. The normalized spacial score (nSPS) is 10.9. The van der Waals surface area contributed by atoms with E-state index in [9.17, 15) is 9.59 Å². The molecule has 0 amide bonds. The van der Waals surface area contributed by atoms with Gasteiger partial charge in [-0.1, -0.05) is 32.0 Å². The van der Waals surface area contributed by atoms with Crippen LogP contribution < -0.4 is 11.2 Å². The molecule has 0 N–H and O–H groups in total. The molecule has 0 spiro atoms. The fraction of sp³-hybridized carbons (Fsp3) is 0.333.